The van der Waals surface area contributed by atoms with Gasteiger partial charge in [-0.25, -0.2) is 9.97 Å². The molecule has 0 atom stereocenters. The molecule has 0 bridgehead atoms. The molecule has 0 aliphatic rings. The number of benzene rings is 3. The summed E-state index contributed by atoms with van der Waals surface area (Å²) >= 11 is 0. The summed E-state index contributed by atoms with van der Waals surface area (Å²) in [5, 5.41) is 4.65. The van der Waals surface area contributed by atoms with Crippen molar-refractivity contribution in [3.8, 4) is 22.5 Å². The Hall–Kier alpha value is -4.11. The van der Waals surface area contributed by atoms with E-state index in [1.165, 1.54) is 10.8 Å². The monoisotopic (exact) mass is 383 g/mol. The Morgan fingerprint density at radius 2 is 1.37 bits per heavy atom. The van der Waals surface area contributed by atoms with Crippen molar-refractivity contribution >= 4 is 32.6 Å². The maximum atomic E-state index is 4.99. The maximum absolute atomic E-state index is 4.99. The first-order valence-corrected chi connectivity index (χ1v) is 9.96. The van der Waals surface area contributed by atoms with Gasteiger partial charge < -0.3 is 0 Å². The van der Waals surface area contributed by atoms with Crippen LogP contribution in [-0.2, 0) is 0 Å². The van der Waals surface area contributed by atoms with Crippen LogP contribution in [0.4, 0.5) is 0 Å². The standard InChI is InChI=1S/C27H17N3/c1-3-9-21-18(6-1)11-14-25-27(21)22(16-26(30-25)20-8-5-15-28-17-20)24-13-12-19-7-2-4-10-23(19)29-24/h1-17H. The summed E-state index contributed by atoms with van der Waals surface area (Å²) in [5.74, 6) is 0. The van der Waals surface area contributed by atoms with Crippen LogP contribution in [0.1, 0.15) is 0 Å². The highest BCUT2D eigenvalue weighted by Crippen LogP contribution is 2.36. The Bertz CT molecular complexity index is 1540. The number of rotatable bonds is 2. The predicted molar refractivity (Wildman–Crippen MR) is 123 cm³/mol. The van der Waals surface area contributed by atoms with Gasteiger partial charge in [-0.15, -0.1) is 0 Å². The average molecular weight is 383 g/mol. The van der Waals surface area contributed by atoms with E-state index in [0.29, 0.717) is 0 Å². The molecule has 3 aromatic heterocycles. The van der Waals surface area contributed by atoms with Gasteiger partial charge in [-0.3, -0.25) is 4.98 Å². The highest BCUT2D eigenvalue weighted by Gasteiger charge is 2.14. The zero-order valence-electron chi connectivity index (χ0n) is 16.2. The lowest BCUT2D eigenvalue weighted by atomic mass is 9.97. The molecule has 6 rings (SSSR count). The van der Waals surface area contributed by atoms with Crippen molar-refractivity contribution in [2.24, 2.45) is 0 Å². The summed E-state index contributed by atoms with van der Waals surface area (Å²) in [6.07, 6.45) is 3.64. The summed E-state index contributed by atoms with van der Waals surface area (Å²) in [6, 6.07) is 31.3. The lowest BCUT2D eigenvalue weighted by molar-refractivity contribution is 1.30. The zero-order valence-corrected chi connectivity index (χ0v) is 16.2. The Morgan fingerprint density at radius 1 is 0.567 bits per heavy atom. The van der Waals surface area contributed by atoms with Crippen molar-refractivity contribution in [2.45, 2.75) is 0 Å². The van der Waals surface area contributed by atoms with Crippen LogP contribution in [0.3, 0.4) is 0 Å². The molecule has 3 aromatic carbocycles. The number of aromatic nitrogens is 3. The largest absolute Gasteiger partial charge is 0.264 e. The van der Waals surface area contributed by atoms with Crippen LogP contribution >= 0.6 is 0 Å². The average Bonchev–Trinajstić information content (AvgIpc) is 2.83. The van der Waals surface area contributed by atoms with Crippen LogP contribution in [0.15, 0.2) is 103 Å². The summed E-state index contributed by atoms with van der Waals surface area (Å²) in [6.45, 7) is 0. The molecule has 30 heavy (non-hydrogen) atoms. The molecule has 0 unspecified atom stereocenters. The van der Waals surface area contributed by atoms with Crippen LogP contribution < -0.4 is 0 Å². The molecule has 0 aliphatic carbocycles. The third-order valence-corrected chi connectivity index (χ3v) is 5.53. The van der Waals surface area contributed by atoms with Crippen LogP contribution in [0.5, 0.6) is 0 Å². The second-order valence-corrected chi connectivity index (χ2v) is 7.37. The minimum Gasteiger partial charge on any atom is -0.264 e. The van der Waals surface area contributed by atoms with E-state index >= 15 is 0 Å². The molecule has 0 radical (unpaired) electrons. The van der Waals surface area contributed by atoms with Crippen molar-refractivity contribution in [1.29, 1.82) is 0 Å². The molecular weight excluding hydrogens is 366 g/mol. The number of hydrogen-bond acceptors (Lipinski definition) is 3. The lowest BCUT2D eigenvalue weighted by Crippen LogP contribution is -1.93. The molecule has 0 spiro atoms. The number of nitrogens with zero attached hydrogens (tertiary/aromatic N) is 3. The molecule has 0 saturated heterocycles. The Labute approximate surface area is 173 Å². The van der Waals surface area contributed by atoms with E-state index in [-0.39, 0.29) is 0 Å². The van der Waals surface area contributed by atoms with Crippen molar-refractivity contribution in [3.05, 3.63) is 103 Å². The fourth-order valence-corrected chi connectivity index (χ4v) is 4.09. The van der Waals surface area contributed by atoms with E-state index in [0.717, 1.165) is 44.3 Å². The highest BCUT2D eigenvalue weighted by molar-refractivity contribution is 6.13. The number of para-hydroxylation sites is 1. The van der Waals surface area contributed by atoms with E-state index in [2.05, 4.69) is 71.7 Å². The van der Waals surface area contributed by atoms with E-state index < -0.39 is 0 Å². The molecule has 140 valence electrons. The van der Waals surface area contributed by atoms with E-state index in [4.69, 9.17) is 9.97 Å². The Kier molecular flexibility index (Phi) is 3.78. The molecular formula is C27H17N3. The Morgan fingerprint density at radius 3 is 2.27 bits per heavy atom. The Balaban J connectivity index is 1.73. The van der Waals surface area contributed by atoms with Gasteiger partial charge in [0.05, 0.1) is 22.4 Å². The quantitative estimate of drug-likeness (QED) is 0.314. The minimum atomic E-state index is 0.899. The second-order valence-electron chi connectivity index (χ2n) is 7.37. The second kappa shape index (κ2) is 6.75. The van der Waals surface area contributed by atoms with Gasteiger partial charge in [0.1, 0.15) is 0 Å². The lowest BCUT2D eigenvalue weighted by Gasteiger charge is -2.13. The first kappa shape index (κ1) is 16.8. The minimum absolute atomic E-state index is 0.899. The third kappa shape index (κ3) is 2.72. The third-order valence-electron chi connectivity index (χ3n) is 5.53. The molecule has 0 fully saturated rings. The topological polar surface area (TPSA) is 38.7 Å². The van der Waals surface area contributed by atoms with Gasteiger partial charge >= 0.3 is 0 Å². The van der Waals surface area contributed by atoms with Gasteiger partial charge in [-0.1, -0.05) is 54.6 Å². The summed E-state index contributed by atoms with van der Waals surface area (Å²) in [4.78, 5) is 14.2. The molecule has 0 amide bonds. The first-order chi connectivity index (χ1) is 14.9. The molecule has 0 N–H and O–H groups in total. The van der Waals surface area contributed by atoms with Gasteiger partial charge in [-0.05, 0) is 47.2 Å². The van der Waals surface area contributed by atoms with Crippen molar-refractivity contribution < 1.29 is 0 Å². The van der Waals surface area contributed by atoms with E-state index in [9.17, 15) is 0 Å². The smallest absolute Gasteiger partial charge is 0.0731 e. The number of pyridine rings is 3. The van der Waals surface area contributed by atoms with Gasteiger partial charge in [0.15, 0.2) is 0 Å². The fraction of sp³-hybridized carbons (Fsp3) is 0. The molecule has 0 saturated carbocycles. The molecule has 6 aromatic rings. The molecule has 3 nitrogen and oxygen atoms in total. The molecule has 3 heterocycles. The number of hydrogen-bond donors (Lipinski definition) is 0. The first-order valence-electron chi connectivity index (χ1n) is 9.96. The molecule has 0 aliphatic heterocycles. The van der Waals surface area contributed by atoms with Crippen LogP contribution in [0.2, 0.25) is 0 Å². The van der Waals surface area contributed by atoms with Crippen LogP contribution in [0.25, 0.3) is 55.1 Å². The summed E-state index contributed by atoms with van der Waals surface area (Å²) in [5.41, 5.74) is 5.87. The van der Waals surface area contributed by atoms with Crippen LogP contribution in [-0.4, -0.2) is 15.0 Å². The zero-order chi connectivity index (χ0) is 19.9. The summed E-state index contributed by atoms with van der Waals surface area (Å²) < 4.78 is 0. The van der Waals surface area contributed by atoms with Gasteiger partial charge in [0.25, 0.3) is 0 Å². The fourth-order valence-electron chi connectivity index (χ4n) is 4.09. The SMILES string of the molecule is c1cncc(-c2cc(-c3ccc4ccccc4n3)c3c(ccc4ccccc43)n2)c1. The normalized spacial score (nSPS) is 11.3. The van der Waals surface area contributed by atoms with Gasteiger partial charge in [0.2, 0.25) is 0 Å². The van der Waals surface area contributed by atoms with Crippen molar-refractivity contribution in [2.75, 3.05) is 0 Å². The summed E-state index contributed by atoms with van der Waals surface area (Å²) in [7, 11) is 0. The number of fused-ring (bicyclic) bond motifs is 4. The maximum Gasteiger partial charge on any atom is 0.0731 e. The van der Waals surface area contributed by atoms with Gasteiger partial charge in [0, 0.05) is 34.3 Å². The van der Waals surface area contributed by atoms with Gasteiger partial charge in [-0.2, -0.15) is 0 Å². The van der Waals surface area contributed by atoms with Crippen molar-refractivity contribution in [1.82, 2.24) is 15.0 Å². The van der Waals surface area contributed by atoms with E-state index in [1.807, 2.05) is 30.5 Å². The van der Waals surface area contributed by atoms with Crippen molar-refractivity contribution in [3.63, 3.8) is 0 Å². The molecule has 3 heteroatoms. The van der Waals surface area contributed by atoms with Crippen LogP contribution in [0, 0.1) is 0 Å². The predicted octanol–water partition coefficient (Wildman–Crippen LogP) is 6.67. The highest BCUT2D eigenvalue weighted by atomic mass is 14.7. The van der Waals surface area contributed by atoms with E-state index in [1.54, 1.807) is 6.20 Å².